The number of rotatable bonds is 8. The predicted octanol–water partition coefficient (Wildman–Crippen LogP) is 2.48. The van der Waals surface area contributed by atoms with Gasteiger partial charge in [0.2, 0.25) is 0 Å². The van der Waals surface area contributed by atoms with Gasteiger partial charge in [0, 0.05) is 31.9 Å². The lowest BCUT2D eigenvalue weighted by molar-refractivity contribution is 0.0529. The fourth-order valence-corrected chi connectivity index (χ4v) is 2.71. The molecule has 0 aliphatic heterocycles. The van der Waals surface area contributed by atoms with Gasteiger partial charge in [0.1, 0.15) is 5.60 Å². The van der Waals surface area contributed by atoms with E-state index in [0.717, 1.165) is 17.7 Å². The number of alkyl carbamates (subject to hydrolysis) is 1. The quantitative estimate of drug-likeness (QED) is 0.342. The maximum absolute atomic E-state index is 11.8. The molecule has 31 heavy (non-hydrogen) atoms. The SMILES string of the molecule is CCNC(=NCc1ccc(Cn2ccccc2=O)cc1)NCCNC(=O)OC(C)(C)C. The molecule has 8 nitrogen and oxygen atoms in total. The lowest BCUT2D eigenvalue weighted by Crippen LogP contribution is -2.42. The first-order valence-corrected chi connectivity index (χ1v) is 10.5. The number of nitrogens with zero attached hydrogens (tertiary/aromatic N) is 2. The molecule has 2 rings (SSSR count). The van der Waals surface area contributed by atoms with Gasteiger partial charge in [0.25, 0.3) is 5.56 Å². The van der Waals surface area contributed by atoms with Gasteiger partial charge in [0.05, 0.1) is 13.1 Å². The zero-order valence-electron chi connectivity index (χ0n) is 18.8. The van der Waals surface area contributed by atoms with Crippen LogP contribution < -0.4 is 21.5 Å². The second-order valence-electron chi connectivity index (χ2n) is 8.03. The van der Waals surface area contributed by atoms with Crippen LogP contribution in [-0.2, 0) is 17.8 Å². The van der Waals surface area contributed by atoms with Crippen molar-refractivity contribution in [3.05, 3.63) is 70.1 Å². The summed E-state index contributed by atoms with van der Waals surface area (Å²) in [5.41, 5.74) is 1.59. The average Bonchev–Trinajstić information content (AvgIpc) is 2.71. The van der Waals surface area contributed by atoms with Crippen LogP contribution in [0.3, 0.4) is 0 Å². The molecule has 0 aliphatic carbocycles. The summed E-state index contributed by atoms with van der Waals surface area (Å²) in [5, 5.41) is 9.09. The summed E-state index contributed by atoms with van der Waals surface area (Å²) in [4.78, 5) is 28.1. The molecule has 1 aromatic carbocycles. The number of carbonyl (C=O) groups is 1. The van der Waals surface area contributed by atoms with Crippen molar-refractivity contribution >= 4 is 12.1 Å². The van der Waals surface area contributed by atoms with E-state index in [0.29, 0.717) is 32.1 Å². The molecule has 0 radical (unpaired) electrons. The highest BCUT2D eigenvalue weighted by molar-refractivity contribution is 5.79. The van der Waals surface area contributed by atoms with Crippen LogP contribution in [0.4, 0.5) is 4.79 Å². The number of aliphatic imine (C=N–C) groups is 1. The number of hydrogen-bond donors (Lipinski definition) is 3. The number of aromatic nitrogens is 1. The minimum atomic E-state index is -0.513. The van der Waals surface area contributed by atoms with E-state index in [9.17, 15) is 9.59 Å². The number of amides is 1. The van der Waals surface area contributed by atoms with E-state index in [1.807, 2.05) is 58.0 Å². The first kappa shape index (κ1) is 24.0. The van der Waals surface area contributed by atoms with E-state index in [2.05, 4.69) is 20.9 Å². The van der Waals surface area contributed by atoms with Gasteiger partial charge in [-0.3, -0.25) is 4.79 Å². The van der Waals surface area contributed by atoms with Gasteiger partial charge < -0.3 is 25.3 Å². The highest BCUT2D eigenvalue weighted by atomic mass is 16.6. The summed E-state index contributed by atoms with van der Waals surface area (Å²) in [5.74, 6) is 0.674. The van der Waals surface area contributed by atoms with E-state index < -0.39 is 11.7 Å². The Labute approximate surface area is 183 Å². The van der Waals surface area contributed by atoms with E-state index >= 15 is 0 Å². The molecule has 0 bridgehead atoms. The molecule has 8 heteroatoms. The maximum atomic E-state index is 11.8. The van der Waals surface area contributed by atoms with Gasteiger partial charge in [-0.1, -0.05) is 30.3 Å². The number of benzene rings is 1. The van der Waals surface area contributed by atoms with Crippen molar-refractivity contribution in [3.63, 3.8) is 0 Å². The maximum Gasteiger partial charge on any atom is 0.407 e. The summed E-state index contributed by atoms with van der Waals surface area (Å²) in [6.45, 7) is 10.2. The molecule has 168 valence electrons. The fourth-order valence-electron chi connectivity index (χ4n) is 2.71. The third-order valence-corrected chi connectivity index (χ3v) is 4.12. The van der Waals surface area contributed by atoms with Crippen LogP contribution in [-0.4, -0.2) is 41.9 Å². The van der Waals surface area contributed by atoms with Crippen molar-refractivity contribution < 1.29 is 9.53 Å². The molecular formula is C23H33N5O3. The third kappa shape index (κ3) is 9.37. The standard InChI is InChI=1S/C23H33N5O3/c1-5-24-21(25-13-14-26-22(30)31-23(2,3)4)27-16-18-9-11-19(12-10-18)17-28-15-7-6-8-20(28)29/h6-12,15H,5,13-14,16-17H2,1-4H3,(H,26,30)(H2,24,25,27). The number of guanidine groups is 1. The van der Waals surface area contributed by atoms with E-state index in [4.69, 9.17) is 4.74 Å². The van der Waals surface area contributed by atoms with Crippen molar-refractivity contribution in [2.24, 2.45) is 4.99 Å². The average molecular weight is 428 g/mol. The number of nitrogens with one attached hydrogen (secondary N) is 3. The van der Waals surface area contributed by atoms with Crippen LogP contribution >= 0.6 is 0 Å². The summed E-state index contributed by atoms with van der Waals surface area (Å²) in [6, 6.07) is 13.2. The minimum Gasteiger partial charge on any atom is -0.444 e. The molecule has 2 aromatic rings. The van der Waals surface area contributed by atoms with Crippen LogP contribution in [0.2, 0.25) is 0 Å². The molecule has 0 saturated carbocycles. The molecule has 1 heterocycles. The molecule has 0 atom stereocenters. The van der Waals surface area contributed by atoms with Gasteiger partial charge >= 0.3 is 6.09 Å². The topological polar surface area (TPSA) is 96.8 Å². The van der Waals surface area contributed by atoms with Gasteiger partial charge in [-0.05, 0) is 44.9 Å². The molecule has 0 fully saturated rings. The molecule has 0 saturated heterocycles. The van der Waals surface area contributed by atoms with Crippen LogP contribution in [0.25, 0.3) is 0 Å². The Morgan fingerprint density at radius 3 is 2.32 bits per heavy atom. The smallest absolute Gasteiger partial charge is 0.407 e. The Hall–Kier alpha value is -3.29. The van der Waals surface area contributed by atoms with Crippen molar-refractivity contribution in [2.75, 3.05) is 19.6 Å². The van der Waals surface area contributed by atoms with E-state index in [1.54, 1.807) is 22.9 Å². The molecule has 1 aromatic heterocycles. The van der Waals surface area contributed by atoms with Crippen LogP contribution in [0.5, 0.6) is 0 Å². The Morgan fingerprint density at radius 1 is 1.00 bits per heavy atom. The second kappa shape index (κ2) is 11.8. The number of ether oxygens (including phenoxy) is 1. The molecule has 0 unspecified atom stereocenters. The molecule has 1 amide bonds. The van der Waals surface area contributed by atoms with Crippen LogP contribution in [0.1, 0.15) is 38.8 Å². The molecule has 3 N–H and O–H groups in total. The molecular weight excluding hydrogens is 394 g/mol. The first-order valence-electron chi connectivity index (χ1n) is 10.5. The third-order valence-electron chi connectivity index (χ3n) is 4.12. The van der Waals surface area contributed by atoms with Gasteiger partial charge in [-0.25, -0.2) is 9.79 Å². The Kier molecular flexibility index (Phi) is 9.12. The summed E-state index contributed by atoms with van der Waals surface area (Å²) in [6.07, 6.45) is 1.35. The van der Waals surface area contributed by atoms with E-state index in [-0.39, 0.29) is 5.56 Å². The van der Waals surface area contributed by atoms with Crippen molar-refractivity contribution in [2.45, 2.75) is 46.4 Å². The van der Waals surface area contributed by atoms with Crippen LogP contribution in [0, 0.1) is 0 Å². The minimum absolute atomic E-state index is 0.0151. The van der Waals surface area contributed by atoms with Crippen molar-refractivity contribution in [1.82, 2.24) is 20.5 Å². The predicted molar refractivity (Wildman–Crippen MR) is 123 cm³/mol. The van der Waals surface area contributed by atoms with Gasteiger partial charge in [-0.2, -0.15) is 0 Å². The fraction of sp³-hybridized carbons (Fsp3) is 0.435. The first-order chi connectivity index (χ1) is 14.8. The summed E-state index contributed by atoms with van der Waals surface area (Å²) >= 11 is 0. The molecule has 0 spiro atoms. The van der Waals surface area contributed by atoms with Gasteiger partial charge in [0.15, 0.2) is 5.96 Å². The summed E-state index contributed by atoms with van der Waals surface area (Å²) in [7, 11) is 0. The lowest BCUT2D eigenvalue weighted by Gasteiger charge is -2.19. The van der Waals surface area contributed by atoms with Crippen LogP contribution in [0.15, 0.2) is 58.4 Å². The van der Waals surface area contributed by atoms with Gasteiger partial charge in [-0.15, -0.1) is 0 Å². The highest BCUT2D eigenvalue weighted by Gasteiger charge is 2.15. The van der Waals surface area contributed by atoms with Crippen molar-refractivity contribution in [3.8, 4) is 0 Å². The number of pyridine rings is 1. The zero-order valence-corrected chi connectivity index (χ0v) is 18.8. The monoisotopic (exact) mass is 427 g/mol. The summed E-state index contributed by atoms with van der Waals surface area (Å²) < 4.78 is 6.88. The highest BCUT2D eigenvalue weighted by Crippen LogP contribution is 2.07. The normalized spacial score (nSPS) is 11.7. The Bertz CT molecular complexity index is 914. The van der Waals surface area contributed by atoms with Crippen molar-refractivity contribution in [1.29, 1.82) is 0 Å². The largest absolute Gasteiger partial charge is 0.444 e. The molecule has 0 aliphatic rings. The lowest BCUT2D eigenvalue weighted by atomic mass is 10.1. The Morgan fingerprint density at radius 2 is 1.68 bits per heavy atom. The number of hydrogen-bond acceptors (Lipinski definition) is 4. The Balaban J connectivity index is 1.83. The second-order valence-corrected chi connectivity index (χ2v) is 8.03. The zero-order chi connectivity index (χ0) is 22.7. The number of carbonyl (C=O) groups excluding carboxylic acids is 1. The van der Waals surface area contributed by atoms with E-state index in [1.165, 1.54) is 0 Å².